The Morgan fingerprint density at radius 3 is 2.67 bits per heavy atom. The maximum Gasteiger partial charge on any atom is 0.269 e. The molecular formula is C24H28ClFN4O4S2. The molecule has 1 unspecified atom stereocenters. The molecule has 36 heavy (non-hydrogen) atoms. The third kappa shape index (κ3) is 5.54. The lowest BCUT2D eigenvalue weighted by molar-refractivity contribution is 0.391. The van der Waals surface area contributed by atoms with E-state index in [0.29, 0.717) is 22.7 Å². The predicted molar refractivity (Wildman–Crippen MR) is 140 cm³/mol. The van der Waals surface area contributed by atoms with Gasteiger partial charge in [0.1, 0.15) is 22.2 Å². The molecule has 12 heteroatoms. The molecule has 1 aliphatic carbocycles. The van der Waals surface area contributed by atoms with Crippen LogP contribution < -0.4 is 24.8 Å². The van der Waals surface area contributed by atoms with E-state index in [1.165, 1.54) is 20.4 Å². The van der Waals surface area contributed by atoms with Crippen molar-refractivity contribution in [2.75, 3.05) is 23.8 Å². The minimum absolute atomic E-state index is 0.0625. The summed E-state index contributed by atoms with van der Waals surface area (Å²) >= 11 is 7.56. The summed E-state index contributed by atoms with van der Waals surface area (Å²) < 4.78 is 54.6. The molecule has 0 spiro atoms. The fourth-order valence-corrected chi connectivity index (χ4v) is 6.85. The largest absolute Gasteiger partial charge is 0.497 e. The summed E-state index contributed by atoms with van der Waals surface area (Å²) in [6, 6.07) is 7.14. The zero-order chi connectivity index (χ0) is 25.9. The first-order valence-corrected chi connectivity index (χ1v) is 14.1. The number of ether oxygens (including phenoxy) is 2. The number of benzene rings is 2. The fourth-order valence-electron chi connectivity index (χ4n) is 4.23. The molecule has 0 radical (unpaired) electrons. The van der Waals surface area contributed by atoms with Crippen molar-refractivity contribution in [2.45, 2.75) is 49.2 Å². The van der Waals surface area contributed by atoms with Gasteiger partial charge in [0.25, 0.3) is 10.0 Å². The van der Waals surface area contributed by atoms with Crippen molar-refractivity contribution >= 4 is 43.8 Å². The molecule has 194 valence electrons. The number of aromatic nitrogens is 1. The average molecular weight is 555 g/mol. The number of methoxy groups -OCH3 is 2. The summed E-state index contributed by atoms with van der Waals surface area (Å²) in [5.41, 5.74) is 7.06. The standard InChI is InChI=1S/C24H28ClFN4O4S2/c1-33-16-8-7-15(22(11-16)34-2)14-30(24-28-9-10-35-24)36(31,32)23-12-17(25)21(13-18(23)26)29-20-6-4-3-5-19(20)27/h7-13,19-20,29H,3-6,14,27H2,1-2H3/t19-,20?/m0/s1. The van der Waals surface area contributed by atoms with Crippen molar-refractivity contribution in [1.82, 2.24) is 4.98 Å². The Morgan fingerprint density at radius 2 is 2.00 bits per heavy atom. The molecule has 1 aliphatic rings. The molecule has 3 N–H and O–H groups in total. The van der Waals surface area contributed by atoms with Gasteiger partial charge in [0.15, 0.2) is 5.13 Å². The van der Waals surface area contributed by atoms with Gasteiger partial charge in [0.05, 0.1) is 31.5 Å². The normalized spacial score (nSPS) is 18.0. The minimum Gasteiger partial charge on any atom is -0.497 e. The summed E-state index contributed by atoms with van der Waals surface area (Å²) in [6.45, 7) is -0.142. The van der Waals surface area contributed by atoms with Crippen molar-refractivity contribution in [3.63, 3.8) is 0 Å². The maximum atomic E-state index is 15.4. The van der Waals surface area contributed by atoms with Crippen LogP contribution in [0.15, 0.2) is 46.8 Å². The number of sulfonamides is 1. The number of nitrogens with zero attached hydrogens (tertiary/aromatic N) is 2. The topological polar surface area (TPSA) is 107 Å². The van der Waals surface area contributed by atoms with Gasteiger partial charge in [-0.3, -0.25) is 0 Å². The van der Waals surface area contributed by atoms with E-state index < -0.39 is 20.7 Å². The Kier molecular flexibility index (Phi) is 8.23. The minimum atomic E-state index is -4.39. The van der Waals surface area contributed by atoms with Crippen LogP contribution >= 0.6 is 22.9 Å². The summed E-state index contributed by atoms with van der Waals surface area (Å²) in [7, 11) is -1.40. The summed E-state index contributed by atoms with van der Waals surface area (Å²) in [5, 5.41) is 5.11. The van der Waals surface area contributed by atoms with Crippen LogP contribution in [-0.4, -0.2) is 39.7 Å². The first kappa shape index (κ1) is 26.5. The number of hydrogen-bond acceptors (Lipinski definition) is 8. The monoisotopic (exact) mass is 554 g/mol. The third-order valence-electron chi connectivity index (χ3n) is 6.19. The Hall–Kier alpha value is -2.60. The number of nitrogens with one attached hydrogen (secondary N) is 1. The lowest BCUT2D eigenvalue weighted by atomic mass is 9.91. The van der Waals surface area contributed by atoms with Gasteiger partial charge in [-0.1, -0.05) is 24.4 Å². The van der Waals surface area contributed by atoms with E-state index in [1.54, 1.807) is 23.6 Å². The van der Waals surface area contributed by atoms with Crippen LogP contribution in [0.3, 0.4) is 0 Å². The van der Waals surface area contributed by atoms with Crippen LogP contribution in [0.2, 0.25) is 5.02 Å². The molecule has 1 fully saturated rings. The molecule has 2 aromatic carbocycles. The third-order valence-corrected chi connectivity index (χ3v) is 9.16. The molecule has 0 aliphatic heterocycles. The zero-order valence-corrected chi connectivity index (χ0v) is 22.3. The second-order valence-electron chi connectivity index (χ2n) is 8.47. The van der Waals surface area contributed by atoms with Gasteiger partial charge in [-0.2, -0.15) is 0 Å². The molecule has 0 saturated heterocycles. The number of rotatable bonds is 9. The molecule has 1 heterocycles. The Labute approximate surface area is 219 Å². The number of halogens is 2. The fraction of sp³-hybridized carbons (Fsp3) is 0.375. The molecule has 0 amide bonds. The number of nitrogens with two attached hydrogens (primary N) is 1. The van der Waals surface area contributed by atoms with Gasteiger partial charge in [-0.15, -0.1) is 11.3 Å². The second-order valence-corrected chi connectivity index (χ2v) is 11.6. The molecule has 4 rings (SSSR count). The van der Waals surface area contributed by atoms with Crippen LogP contribution in [0.1, 0.15) is 31.2 Å². The second kappa shape index (κ2) is 11.2. The maximum absolute atomic E-state index is 15.4. The highest BCUT2D eigenvalue weighted by Crippen LogP contribution is 2.36. The smallest absolute Gasteiger partial charge is 0.269 e. The van der Waals surface area contributed by atoms with Gasteiger partial charge in [-0.25, -0.2) is 22.1 Å². The van der Waals surface area contributed by atoms with Crippen molar-refractivity contribution < 1.29 is 22.3 Å². The molecule has 8 nitrogen and oxygen atoms in total. The van der Waals surface area contributed by atoms with E-state index in [-0.39, 0.29) is 28.8 Å². The Morgan fingerprint density at radius 1 is 1.22 bits per heavy atom. The van der Waals surface area contributed by atoms with E-state index in [2.05, 4.69) is 10.3 Å². The summed E-state index contributed by atoms with van der Waals surface area (Å²) in [6.07, 6.45) is 5.24. The van der Waals surface area contributed by atoms with Crippen molar-refractivity contribution in [1.29, 1.82) is 0 Å². The summed E-state index contributed by atoms with van der Waals surface area (Å²) in [5.74, 6) is 0.0559. The Balaban J connectivity index is 1.70. The molecule has 2 atom stereocenters. The van der Waals surface area contributed by atoms with Gasteiger partial charge in [0.2, 0.25) is 0 Å². The van der Waals surface area contributed by atoms with Gasteiger partial charge in [-0.05, 0) is 37.1 Å². The van der Waals surface area contributed by atoms with Crippen LogP contribution in [0.4, 0.5) is 15.2 Å². The molecule has 1 aromatic heterocycles. The highest BCUT2D eigenvalue weighted by molar-refractivity contribution is 7.93. The number of thiazole rings is 1. The summed E-state index contributed by atoms with van der Waals surface area (Å²) in [4.78, 5) is 3.62. The lowest BCUT2D eigenvalue weighted by Crippen LogP contribution is -2.42. The van der Waals surface area contributed by atoms with Crippen molar-refractivity contribution in [3.05, 3.63) is 58.3 Å². The van der Waals surface area contributed by atoms with Crippen LogP contribution in [0.5, 0.6) is 11.5 Å². The molecule has 1 saturated carbocycles. The molecular weight excluding hydrogens is 527 g/mol. The van der Waals surface area contributed by atoms with Gasteiger partial charge < -0.3 is 20.5 Å². The zero-order valence-electron chi connectivity index (χ0n) is 19.9. The van der Waals surface area contributed by atoms with Crippen LogP contribution in [0.25, 0.3) is 0 Å². The highest BCUT2D eigenvalue weighted by atomic mass is 35.5. The first-order chi connectivity index (χ1) is 17.2. The first-order valence-electron chi connectivity index (χ1n) is 11.4. The SMILES string of the molecule is COc1ccc(CN(c2nccs2)S(=O)(=O)c2cc(Cl)c(NC3CCCC[C@@H]3N)cc2F)c(OC)c1. The van der Waals surface area contributed by atoms with E-state index in [1.807, 2.05) is 0 Å². The number of hydrogen-bond donors (Lipinski definition) is 2. The van der Waals surface area contributed by atoms with Crippen LogP contribution in [0, 0.1) is 5.82 Å². The highest BCUT2D eigenvalue weighted by Gasteiger charge is 2.32. The molecule has 3 aromatic rings. The predicted octanol–water partition coefficient (Wildman–Crippen LogP) is 5.03. The lowest BCUT2D eigenvalue weighted by Gasteiger charge is -2.30. The van der Waals surface area contributed by atoms with E-state index >= 15 is 4.39 Å². The number of anilines is 2. The van der Waals surface area contributed by atoms with Gasteiger partial charge >= 0.3 is 0 Å². The van der Waals surface area contributed by atoms with Crippen LogP contribution in [-0.2, 0) is 16.6 Å². The van der Waals surface area contributed by atoms with Gasteiger partial charge in [0, 0.05) is 35.3 Å². The van der Waals surface area contributed by atoms with Crippen molar-refractivity contribution in [3.8, 4) is 11.5 Å². The molecule has 0 bridgehead atoms. The van der Waals surface area contributed by atoms with Crippen molar-refractivity contribution in [2.24, 2.45) is 5.73 Å². The quantitative estimate of drug-likeness (QED) is 0.382. The van der Waals surface area contributed by atoms with E-state index in [9.17, 15) is 8.42 Å². The average Bonchev–Trinajstić information content (AvgIpc) is 3.40. The Bertz CT molecular complexity index is 1310. The van der Waals surface area contributed by atoms with E-state index in [0.717, 1.165) is 53.5 Å². The van der Waals surface area contributed by atoms with E-state index in [4.69, 9.17) is 26.8 Å².